The van der Waals surface area contributed by atoms with Gasteiger partial charge in [0.2, 0.25) is 0 Å². The van der Waals surface area contributed by atoms with Crippen LogP contribution in [-0.2, 0) is 0 Å². The lowest BCUT2D eigenvalue weighted by Crippen LogP contribution is -2.17. The molecule has 0 bridgehead atoms. The molecule has 0 saturated carbocycles. The van der Waals surface area contributed by atoms with Crippen LogP contribution in [0, 0.1) is 5.82 Å². The van der Waals surface area contributed by atoms with E-state index in [-0.39, 0.29) is 11.9 Å². The molecule has 0 fully saturated rings. The molecule has 1 aromatic rings. The Labute approximate surface area is 115 Å². The fourth-order valence-electron chi connectivity index (χ4n) is 2.19. The highest BCUT2D eigenvalue weighted by atomic mass is 35.5. The lowest BCUT2D eigenvalue weighted by Gasteiger charge is -2.17. The molecule has 1 nitrogen and oxygen atoms in total. The second-order valence-electron chi connectivity index (χ2n) is 4.71. The monoisotopic (exact) mass is 271 g/mol. The summed E-state index contributed by atoms with van der Waals surface area (Å²) in [6.07, 6.45) is 7.10. The van der Waals surface area contributed by atoms with Crippen LogP contribution in [0.5, 0.6) is 0 Å². The summed E-state index contributed by atoms with van der Waals surface area (Å²) in [7, 11) is 1.87. The minimum Gasteiger partial charge on any atom is -0.313 e. The molecule has 0 aliphatic carbocycles. The first-order valence-electron chi connectivity index (χ1n) is 6.81. The first kappa shape index (κ1) is 15.5. The van der Waals surface area contributed by atoms with Crippen molar-refractivity contribution in [3.63, 3.8) is 0 Å². The van der Waals surface area contributed by atoms with Crippen molar-refractivity contribution in [2.75, 3.05) is 7.05 Å². The molecule has 3 heteroatoms. The van der Waals surface area contributed by atoms with E-state index in [1.54, 1.807) is 12.1 Å². The third kappa shape index (κ3) is 4.95. The van der Waals surface area contributed by atoms with Crippen LogP contribution in [0.2, 0.25) is 5.02 Å². The smallest absolute Gasteiger partial charge is 0.128 e. The van der Waals surface area contributed by atoms with Gasteiger partial charge in [0.15, 0.2) is 0 Å². The molecule has 1 N–H and O–H groups in total. The van der Waals surface area contributed by atoms with Crippen molar-refractivity contribution >= 4 is 11.6 Å². The Bertz CT molecular complexity index is 354. The van der Waals surface area contributed by atoms with Gasteiger partial charge < -0.3 is 5.32 Å². The molecule has 1 unspecified atom stereocenters. The van der Waals surface area contributed by atoms with Gasteiger partial charge in [-0.3, -0.25) is 0 Å². The Morgan fingerprint density at radius 1 is 1.22 bits per heavy atom. The fourth-order valence-corrected chi connectivity index (χ4v) is 2.37. The summed E-state index contributed by atoms with van der Waals surface area (Å²) >= 11 is 5.93. The Morgan fingerprint density at radius 2 is 1.94 bits per heavy atom. The molecule has 0 amide bonds. The van der Waals surface area contributed by atoms with Crippen LogP contribution in [0.15, 0.2) is 18.2 Å². The van der Waals surface area contributed by atoms with E-state index in [2.05, 4.69) is 12.2 Å². The first-order chi connectivity index (χ1) is 8.69. The third-order valence-electron chi connectivity index (χ3n) is 3.28. The topological polar surface area (TPSA) is 12.0 Å². The van der Waals surface area contributed by atoms with Crippen LogP contribution in [0.4, 0.5) is 4.39 Å². The molecule has 0 aliphatic rings. The molecule has 0 aliphatic heterocycles. The van der Waals surface area contributed by atoms with Gasteiger partial charge in [-0.05, 0) is 31.7 Å². The molecular formula is C15H23ClFN. The van der Waals surface area contributed by atoms with Gasteiger partial charge in [-0.25, -0.2) is 4.39 Å². The third-order valence-corrected chi connectivity index (χ3v) is 3.51. The predicted molar refractivity (Wildman–Crippen MR) is 76.6 cm³/mol. The zero-order valence-corrected chi connectivity index (χ0v) is 12.1. The van der Waals surface area contributed by atoms with Gasteiger partial charge in [0, 0.05) is 16.6 Å². The summed E-state index contributed by atoms with van der Waals surface area (Å²) in [4.78, 5) is 0. The Balaban J connectivity index is 2.52. The molecule has 102 valence electrons. The highest BCUT2D eigenvalue weighted by Crippen LogP contribution is 2.25. The summed E-state index contributed by atoms with van der Waals surface area (Å²) in [5, 5.41) is 3.77. The quantitative estimate of drug-likeness (QED) is 0.649. The van der Waals surface area contributed by atoms with Gasteiger partial charge in [-0.2, -0.15) is 0 Å². The molecule has 1 aromatic carbocycles. The summed E-state index contributed by atoms with van der Waals surface area (Å²) in [6.45, 7) is 2.21. The van der Waals surface area contributed by atoms with Gasteiger partial charge in [0.25, 0.3) is 0 Å². The number of benzene rings is 1. The Morgan fingerprint density at radius 3 is 2.61 bits per heavy atom. The van der Waals surface area contributed by atoms with Crippen molar-refractivity contribution in [1.29, 1.82) is 0 Å². The molecule has 0 radical (unpaired) electrons. The van der Waals surface area contributed by atoms with Gasteiger partial charge >= 0.3 is 0 Å². The summed E-state index contributed by atoms with van der Waals surface area (Å²) in [5.41, 5.74) is 0.681. The van der Waals surface area contributed by atoms with Crippen molar-refractivity contribution in [3.05, 3.63) is 34.6 Å². The van der Waals surface area contributed by atoms with Crippen LogP contribution in [0.3, 0.4) is 0 Å². The van der Waals surface area contributed by atoms with Crippen LogP contribution >= 0.6 is 11.6 Å². The minimum absolute atomic E-state index is 0.0605. The molecule has 0 saturated heterocycles. The molecule has 0 spiro atoms. The molecule has 18 heavy (non-hydrogen) atoms. The largest absolute Gasteiger partial charge is 0.313 e. The van der Waals surface area contributed by atoms with E-state index < -0.39 is 0 Å². The van der Waals surface area contributed by atoms with Gasteiger partial charge in [-0.1, -0.05) is 50.6 Å². The number of hydrogen-bond acceptors (Lipinski definition) is 1. The molecule has 1 rings (SSSR count). The minimum atomic E-state index is -0.174. The molecule has 0 heterocycles. The van der Waals surface area contributed by atoms with Crippen LogP contribution in [0.25, 0.3) is 0 Å². The van der Waals surface area contributed by atoms with Crippen molar-refractivity contribution in [3.8, 4) is 0 Å². The van der Waals surface area contributed by atoms with E-state index in [1.165, 1.54) is 31.7 Å². The van der Waals surface area contributed by atoms with Gasteiger partial charge in [-0.15, -0.1) is 0 Å². The maximum Gasteiger partial charge on any atom is 0.128 e. The molecule has 1 atom stereocenters. The molecule has 0 aromatic heterocycles. The van der Waals surface area contributed by atoms with Crippen LogP contribution < -0.4 is 5.32 Å². The SMILES string of the molecule is CCCCCCCC(NC)c1cc(Cl)ccc1F. The van der Waals surface area contributed by atoms with Crippen LogP contribution in [0.1, 0.15) is 57.1 Å². The highest BCUT2D eigenvalue weighted by Gasteiger charge is 2.13. The van der Waals surface area contributed by atoms with Crippen LogP contribution in [-0.4, -0.2) is 7.05 Å². The van der Waals surface area contributed by atoms with Gasteiger partial charge in [0.05, 0.1) is 0 Å². The second-order valence-corrected chi connectivity index (χ2v) is 5.15. The lowest BCUT2D eigenvalue weighted by atomic mass is 9.99. The summed E-state index contributed by atoms with van der Waals surface area (Å²) in [6, 6.07) is 4.82. The summed E-state index contributed by atoms with van der Waals surface area (Å²) in [5.74, 6) is -0.174. The number of halogens is 2. The van der Waals surface area contributed by atoms with E-state index in [9.17, 15) is 4.39 Å². The zero-order chi connectivity index (χ0) is 13.4. The van der Waals surface area contributed by atoms with E-state index in [0.717, 1.165) is 12.8 Å². The van der Waals surface area contributed by atoms with Gasteiger partial charge in [0.1, 0.15) is 5.82 Å². The number of rotatable bonds is 8. The van der Waals surface area contributed by atoms with Crippen molar-refractivity contribution in [2.45, 2.75) is 51.5 Å². The normalized spacial score (nSPS) is 12.7. The summed E-state index contributed by atoms with van der Waals surface area (Å²) < 4.78 is 13.7. The maximum atomic E-state index is 13.7. The number of nitrogens with one attached hydrogen (secondary N) is 1. The highest BCUT2D eigenvalue weighted by molar-refractivity contribution is 6.30. The Kier molecular flexibility index (Phi) is 7.29. The van der Waals surface area contributed by atoms with E-state index in [4.69, 9.17) is 11.6 Å². The average Bonchev–Trinajstić information content (AvgIpc) is 2.37. The zero-order valence-electron chi connectivity index (χ0n) is 11.3. The van der Waals surface area contributed by atoms with Crippen molar-refractivity contribution < 1.29 is 4.39 Å². The lowest BCUT2D eigenvalue weighted by molar-refractivity contribution is 0.478. The van der Waals surface area contributed by atoms with Crippen molar-refractivity contribution in [1.82, 2.24) is 5.32 Å². The number of hydrogen-bond donors (Lipinski definition) is 1. The average molecular weight is 272 g/mol. The fraction of sp³-hybridized carbons (Fsp3) is 0.600. The Hall–Kier alpha value is -0.600. The second kappa shape index (κ2) is 8.49. The predicted octanol–water partition coefficient (Wildman–Crippen LogP) is 5.10. The molecular weight excluding hydrogens is 249 g/mol. The van der Waals surface area contributed by atoms with Crippen molar-refractivity contribution in [2.24, 2.45) is 0 Å². The van der Waals surface area contributed by atoms with E-state index in [0.29, 0.717) is 10.6 Å². The first-order valence-corrected chi connectivity index (χ1v) is 7.19. The van der Waals surface area contributed by atoms with E-state index in [1.807, 2.05) is 7.05 Å². The standard InChI is InChI=1S/C15H23ClFN/c1-3-4-5-6-7-8-15(18-2)13-11-12(16)9-10-14(13)17/h9-11,15,18H,3-8H2,1-2H3. The number of unbranched alkanes of at least 4 members (excludes halogenated alkanes) is 4. The maximum absolute atomic E-state index is 13.7. The van der Waals surface area contributed by atoms with E-state index >= 15 is 0 Å².